The first kappa shape index (κ1) is 14.2. The van der Waals surface area contributed by atoms with E-state index in [0.717, 1.165) is 26.2 Å². The highest BCUT2D eigenvalue weighted by Crippen LogP contribution is 2.35. The molecule has 0 aliphatic carbocycles. The van der Waals surface area contributed by atoms with Gasteiger partial charge in [-0.15, -0.1) is 0 Å². The highest BCUT2D eigenvalue weighted by Gasteiger charge is 2.26. The summed E-state index contributed by atoms with van der Waals surface area (Å²) < 4.78 is 0.680. The maximum Gasteiger partial charge on any atom is 0.311 e. The summed E-state index contributed by atoms with van der Waals surface area (Å²) >= 11 is 3.37. The van der Waals surface area contributed by atoms with Crippen LogP contribution in [0.15, 0.2) is 16.9 Å². The maximum atomic E-state index is 11.1. The Kier molecular flexibility index (Phi) is 4.36. The number of nitro groups is 1. The van der Waals surface area contributed by atoms with Crippen LogP contribution in [0.3, 0.4) is 0 Å². The summed E-state index contributed by atoms with van der Waals surface area (Å²) in [7, 11) is 0. The number of hydrogen-bond acceptors (Lipinski definition) is 5. The van der Waals surface area contributed by atoms with Crippen LogP contribution in [-0.4, -0.2) is 47.0 Å². The standard InChI is InChI=1S/C12H17BrN4O2/c1-9(2)15-3-5-16(6-4-15)12-10(13)7-14-8-11(12)17(18)19/h7-9H,3-6H2,1-2H3. The molecule has 0 bridgehead atoms. The molecule has 104 valence electrons. The summed E-state index contributed by atoms with van der Waals surface area (Å²) in [6, 6.07) is 0.512. The summed E-state index contributed by atoms with van der Waals surface area (Å²) in [5, 5.41) is 11.1. The molecule has 0 N–H and O–H groups in total. The molecule has 19 heavy (non-hydrogen) atoms. The number of nitrogens with zero attached hydrogens (tertiary/aromatic N) is 4. The number of hydrogen-bond donors (Lipinski definition) is 0. The molecule has 0 radical (unpaired) electrons. The van der Waals surface area contributed by atoms with Gasteiger partial charge in [-0.3, -0.25) is 20.0 Å². The van der Waals surface area contributed by atoms with Gasteiger partial charge in [-0.1, -0.05) is 0 Å². The molecule has 1 saturated heterocycles. The van der Waals surface area contributed by atoms with E-state index in [0.29, 0.717) is 16.2 Å². The van der Waals surface area contributed by atoms with E-state index in [1.807, 2.05) is 0 Å². The second-order valence-electron chi connectivity index (χ2n) is 4.86. The lowest BCUT2D eigenvalue weighted by Gasteiger charge is -2.38. The molecule has 1 aromatic heterocycles. The van der Waals surface area contributed by atoms with Gasteiger partial charge in [0.05, 0.1) is 9.40 Å². The Morgan fingerprint density at radius 3 is 2.47 bits per heavy atom. The van der Waals surface area contributed by atoms with Crippen molar-refractivity contribution in [3.63, 3.8) is 0 Å². The second-order valence-corrected chi connectivity index (χ2v) is 5.72. The van der Waals surface area contributed by atoms with Gasteiger partial charge in [0.15, 0.2) is 0 Å². The first-order chi connectivity index (χ1) is 9.00. The van der Waals surface area contributed by atoms with Crippen molar-refractivity contribution in [3.8, 4) is 0 Å². The minimum atomic E-state index is -0.373. The third-order valence-electron chi connectivity index (χ3n) is 3.41. The van der Waals surface area contributed by atoms with Gasteiger partial charge in [0.2, 0.25) is 0 Å². The summed E-state index contributed by atoms with van der Waals surface area (Å²) in [5.41, 5.74) is 0.704. The van der Waals surface area contributed by atoms with Crippen LogP contribution in [0, 0.1) is 10.1 Å². The maximum absolute atomic E-state index is 11.1. The molecule has 2 heterocycles. The Balaban J connectivity index is 2.22. The minimum Gasteiger partial charge on any atom is -0.362 e. The Morgan fingerprint density at radius 1 is 1.32 bits per heavy atom. The Labute approximate surface area is 120 Å². The Bertz CT molecular complexity index is 473. The second kappa shape index (κ2) is 5.83. The van der Waals surface area contributed by atoms with Gasteiger partial charge in [0, 0.05) is 38.4 Å². The normalized spacial score (nSPS) is 16.9. The van der Waals surface area contributed by atoms with Gasteiger partial charge in [-0.2, -0.15) is 0 Å². The molecular weight excluding hydrogens is 312 g/mol. The van der Waals surface area contributed by atoms with E-state index in [9.17, 15) is 10.1 Å². The molecule has 0 amide bonds. The van der Waals surface area contributed by atoms with Crippen molar-refractivity contribution in [2.24, 2.45) is 0 Å². The zero-order chi connectivity index (χ0) is 14.0. The number of anilines is 1. The van der Waals surface area contributed by atoms with Gasteiger partial charge in [0.25, 0.3) is 0 Å². The predicted molar refractivity (Wildman–Crippen MR) is 77.5 cm³/mol. The topological polar surface area (TPSA) is 62.5 Å². The molecular formula is C12H17BrN4O2. The molecule has 6 nitrogen and oxygen atoms in total. The molecule has 0 aromatic carbocycles. The van der Waals surface area contributed by atoms with Crippen molar-refractivity contribution >= 4 is 27.3 Å². The zero-order valence-corrected chi connectivity index (χ0v) is 12.6. The number of aromatic nitrogens is 1. The van der Waals surface area contributed by atoms with Crippen molar-refractivity contribution in [1.29, 1.82) is 0 Å². The Hall–Kier alpha value is -1.21. The lowest BCUT2D eigenvalue weighted by atomic mass is 10.2. The van der Waals surface area contributed by atoms with Crippen LogP contribution in [0.2, 0.25) is 0 Å². The molecule has 2 rings (SSSR count). The molecule has 1 aliphatic heterocycles. The van der Waals surface area contributed by atoms with Crippen LogP contribution < -0.4 is 4.90 Å². The molecule has 7 heteroatoms. The predicted octanol–water partition coefficient (Wildman–Crippen LogP) is 2.28. The summed E-state index contributed by atoms with van der Waals surface area (Å²) in [5.74, 6) is 0. The van der Waals surface area contributed by atoms with Gasteiger partial charge >= 0.3 is 5.69 Å². The summed E-state index contributed by atoms with van der Waals surface area (Å²) in [4.78, 5) is 19.0. The third-order valence-corrected chi connectivity index (χ3v) is 3.99. The average molecular weight is 329 g/mol. The first-order valence-electron chi connectivity index (χ1n) is 6.27. The lowest BCUT2D eigenvalue weighted by molar-refractivity contribution is -0.384. The van der Waals surface area contributed by atoms with E-state index in [2.05, 4.69) is 44.6 Å². The van der Waals surface area contributed by atoms with E-state index in [-0.39, 0.29) is 10.6 Å². The molecule has 1 aliphatic rings. The van der Waals surface area contributed by atoms with Gasteiger partial charge in [0.1, 0.15) is 11.9 Å². The van der Waals surface area contributed by atoms with Crippen molar-refractivity contribution in [3.05, 3.63) is 27.0 Å². The lowest BCUT2D eigenvalue weighted by Crippen LogP contribution is -2.49. The Morgan fingerprint density at radius 2 is 1.95 bits per heavy atom. The highest BCUT2D eigenvalue weighted by molar-refractivity contribution is 9.10. The number of piperazine rings is 1. The van der Waals surface area contributed by atoms with E-state index in [4.69, 9.17) is 0 Å². The summed E-state index contributed by atoms with van der Waals surface area (Å²) in [6.45, 7) is 7.76. The monoisotopic (exact) mass is 328 g/mol. The first-order valence-corrected chi connectivity index (χ1v) is 7.07. The fourth-order valence-electron chi connectivity index (χ4n) is 2.33. The van der Waals surface area contributed by atoms with Crippen LogP contribution in [0.4, 0.5) is 11.4 Å². The van der Waals surface area contributed by atoms with Crippen LogP contribution >= 0.6 is 15.9 Å². The summed E-state index contributed by atoms with van der Waals surface area (Å²) in [6.07, 6.45) is 2.92. The van der Waals surface area contributed by atoms with Crippen LogP contribution in [0.5, 0.6) is 0 Å². The zero-order valence-electron chi connectivity index (χ0n) is 11.0. The third kappa shape index (κ3) is 3.03. The molecule has 0 saturated carbocycles. The largest absolute Gasteiger partial charge is 0.362 e. The van der Waals surface area contributed by atoms with E-state index >= 15 is 0 Å². The van der Waals surface area contributed by atoms with Crippen LogP contribution in [-0.2, 0) is 0 Å². The smallest absolute Gasteiger partial charge is 0.311 e. The van der Waals surface area contributed by atoms with E-state index in [1.54, 1.807) is 6.20 Å². The van der Waals surface area contributed by atoms with Crippen LogP contribution in [0.25, 0.3) is 0 Å². The van der Waals surface area contributed by atoms with Gasteiger partial charge in [-0.25, -0.2) is 0 Å². The van der Waals surface area contributed by atoms with Crippen molar-refractivity contribution < 1.29 is 4.92 Å². The fraction of sp³-hybridized carbons (Fsp3) is 0.583. The molecule has 1 aromatic rings. The average Bonchev–Trinajstić information content (AvgIpc) is 2.38. The van der Waals surface area contributed by atoms with E-state index < -0.39 is 0 Å². The highest BCUT2D eigenvalue weighted by atomic mass is 79.9. The SMILES string of the molecule is CC(C)N1CCN(c2c(Br)cncc2[N+](=O)[O-])CC1. The number of rotatable bonds is 3. The van der Waals surface area contributed by atoms with E-state index in [1.165, 1.54) is 6.20 Å². The van der Waals surface area contributed by atoms with Crippen molar-refractivity contribution in [2.75, 3.05) is 31.1 Å². The minimum absolute atomic E-state index is 0.0624. The van der Waals surface area contributed by atoms with Crippen molar-refractivity contribution in [1.82, 2.24) is 9.88 Å². The number of halogens is 1. The molecule has 0 atom stereocenters. The van der Waals surface area contributed by atoms with Gasteiger partial charge < -0.3 is 4.90 Å². The molecule has 0 unspecified atom stereocenters. The van der Waals surface area contributed by atoms with Crippen LogP contribution in [0.1, 0.15) is 13.8 Å². The van der Waals surface area contributed by atoms with Gasteiger partial charge in [-0.05, 0) is 29.8 Å². The molecule has 0 spiro atoms. The quantitative estimate of drug-likeness (QED) is 0.629. The molecule has 1 fully saturated rings. The number of pyridine rings is 1. The van der Waals surface area contributed by atoms with Crippen molar-refractivity contribution in [2.45, 2.75) is 19.9 Å². The fourth-order valence-corrected chi connectivity index (χ4v) is 2.90.